The van der Waals surface area contributed by atoms with Crippen LogP contribution < -0.4 is 11.1 Å². The second kappa shape index (κ2) is 5.33. The second-order valence-electron chi connectivity index (χ2n) is 5.25. The van der Waals surface area contributed by atoms with Crippen molar-refractivity contribution < 1.29 is 14.6 Å². The monoisotopic (exact) mass is 242 g/mol. The maximum absolute atomic E-state index is 10.7. The molecule has 1 aliphatic carbocycles. The molecule has 1 saturated carbocycles. The van der Waals surface area contributed by atoms with Crippen molar-refractivity contribution in [2.45, 2.75) is 56.3 Å². The maximum atomic E-state index is 10.7. The number of nitrogens with two attached hydrogens (primary N) is 1. The van der Waals surface area contributed by atoms with Gasteiger partial charge in [0.1, 0.15) is 6.10 Å². The van der Waals surface area contributed by atoms with Crippen molar-refractivity contribution in [3.63, 3.8) is 0 Å². The van der Waals surface area contributed by atoms with Crippen molar-refractivity contribution in [3.05, 3.63) is 0 Å². The van der Waals surface area contributed by atoms with Gasteiger partial charge >= 0.3 is 0 Å². The molecular formula is C12H22N2O3. The smallest absolute Gasteiger partial charge is 0.247 e. The van der Waals surface area contributed by atoms with Crippen molar-refractivity contribution in [2.24, 2.45) is 5.73 Å². The van der Waals surface area contributed by atoms with Gasteiger partial charge in [0.25, 0.3) is 0 Å². The fraction of sp³-hybridized carbons (Fsp3) is 0.917. The summed E-state index contributed by atoms with van der Waals surface area (Å²) in [7, 11) is 0. The van der Waals surface area contributed by atoms with Gasteiger partial charge in [-0.15, -0.1) is 0 Å². The van der Waals surface area contributed by atoms with Crippen LogP contribution in [0, 0.1) is 0 Å². The number of rotatable bonds is 4. The summed E-state index contributed by atoms with van der Waals surface area (Å²) >= 11 is 0. The Bertz CT molecular complexity index is 277. The van der Waals surface area contributed by atoms with Crippen molar-refractivity contribution in [3.8, 4) is 0 Å². The topological polar surface area (TPSA) is 84.6 Å². The fourth-order valence-corrected chi connectivity index (χ4v) is 2.95. The van der Waals surface area contributed by atoms with Gasteiger partial charge in [0, 0.05) is 19.2 Å². The van der Waals surface area contributed by atoms with E-state index < -0.39 is 12.0 Å². The van der Waals surface area contributed by atoms with Gasteiger partial charge in [-0.3, -0.25) is 4.79 Å². The average molecular weight is 242 g/mol. The quantitative estimate of drug-likeness (QED) is 0.643. The van der Waals surface area contributed by atoms with Gasteiger partial charge in [0.2, 0.25) is 5.91 Å². The Hall–Kier alpha value is -0.650. The highest BCUT2D eigenvalue weighted by Crippen LogP contribution is 2.39. The predicted octanol–water partition coefficient (Wildman–Crippen LogP) is -0.0860. The molecule has 2 aliphatic rings. The summed E-state index contributed by atoms with van der Waals surface area (Å²) < 4.78 is 5.92. The highest BCUT2D eigenvalue weighted by molar-refractivity contribution is 5.78. The molecule has 1 spiro atoms. The van der Waals surface area contributed by atoms with E-state index in [2.05, 4.69) is 5.32 Å². The molecule has 5 heteroatoms. The molecule has 98 valence electrons. The van der Waals surface area contributed by atoms with Gasteiger partial charge in [-0.05, 0) is 25.7 Å². The highest BCUT2D eigenvalue weighted by Gasteiger charge is 2.39. The first-order chi connectivity index (χ1) is 8.11. The number of hydrogen-bond acceptors (Lipinski definition) is 4. The molecule has 5 nitrogen and oxygen atoms in total. The maximum Gasteiger partial charge on any atom is 0.247 e. The summed E-state index contributed by atoms with van der Waals surface area (Å²) in [5, 5.41) is 12.6. The van der Waals surface area contributed by atoms with E-state index in [0.717, 1.165) is 32.3 Å². The average Bonchev–Trinajstić information content (AvgIpc) is 2.74. The number of amides is 1. The van der Waals surface area contributed by atoms with Crippen LogP contribution >= 0.6 is 0 Å². The van der Waals surface area contributed by atoms with E-state index in [1.807, 2.05) is 0 Å². The first-order valence-electron chi connectivity index (χ1n) is 6.46. The molecule has 0 aromatic rings. The largest absolute Gasteiger partial charge is 0.382 e. The third-order valence-corrected chi connectivity index (χ3v) is 3.94. The number of aliphatic hydroxyl groups excluding tert-OH is 1. The van der Waals surface area contributed by atoms with E-state index in [9.17, 15) is 9.90 Å². The lowest BCUT2D eigenvalue weighted by molar-refractivity contribution is -0.126. The Morgan fingerprint density at radius 3 is 2.88 bits per heavy atom. The molecule has 1 amide bonds. The standard InChI is InChI=1S/C12H22N2O3/c13-11(16)10(15)8-14-9-3-6-17-12(7-9)4-1-2-5-12/h9-10,14-15H,1-8H2,(H2,13,16). The van der Waals surface area contributed by atoms with Gasteiger partial charge in [-0.2, -0.15) is 0 Å². The molecule has 2 unspecified atom stereocenters. The Labute approximate surface area is 102 Å². The number of hydrogen-bond donors (Lipinski definition) is 3. The minimum atomic E-state index is -1.09. The van der Waals surface area contributed by atoms with Crippen molar-refractivity contribution in [1.82, 2.24) is 5.32 Å². The van der Waals surface area contributed by atoms with Gasteiger partial charge in [0.15, 0.2) is 0 Å². The summed E-state index contributed by atoms with van der Waals surface area (Å²) in [5.41, 5.74) is 5.08. The van der Waals surface area contributed by atoms with Crippen LogP contribution in [-0.4, -0.2) is 41.9 Å². The zero-order valence-corrected chi connectivity index (χ0v) is 10.2. The van der Waals surface area contributed by atoms with Crippen molar-refractivity contribution in [2.75, 3.05) is 13.2 Å². The summed E-state index contributed by atoms with van der Waals surface area (Å²) in [6, 6.07) is 0.329. The second-order valence-corrected chi connectivity index (χ2v) is 5.25. The molecule has 4 N–H and O–H groups in total. The first kappa shape index (κ1) is 12.8. The molecule has 1 heterocycles. The SMILES string of the molecule is NC(=O)C(O)CNC1CCOC2(CCCC2)C1. The van der Waals surface area contributed by atoms with Crippen LogP contribution in [0.1, 0.15) is 38.5 Å². The lowest BCUT2D eigenvalue weighted by atomic mass is 9.89. The molecular weight excluding hydrogens is 220 g/mol. The van der Waals surface area contributed by atoms with E-state index in [1.54, 1.807) is 0 Å². The lowest BCUT2D eigenvalue weighted by Crippen LogP contribution is -2.48. The van der Waals surface area contributed by atoms with Crippen molar-refractivity contribution in [1.29, 1.82) is 0 Å². The molecule has 0 aromatic heterocycles. The molecule has 17 heavy (non-hydrogen) atoms. The van der Waals surface area contributed by atoms with Crippen LogP contribution in [-0.2, 0) is 9.53 Å². The minimum absolute atomic E-state index is 0.0631. The zero-order chi connectivity index (χ0) is 12.3. The van der Waals surface area contributed by atoms with Gasteiger partial charge in [-0.25, -0.2) is 0 Å². The molecule has 0 bridgehead atoms. The molecule has 1 saturated heterocycles. The van der Waals surface area contributed by atoms with Gasteiger partial charge in [-0.1, -0.05) is 12.8 Å². The van der Waals surface area contributed by atoms with Crippen LogP contribution in [0.15, 0.2) is 0 Å². The van der Waals surface area contributed by atoms with Crippen molar-refractivity contribution >= 4 is 5.91 Å². The van der Waals surface area contributed by atoms with Crippen LogP contribution in [0.3, 0.4) is 0 Å². The lowest BCUT2D eigenvalue weighted by Gasteiger charge is -2.38. The van der Waals surface area contributed by atoms with E-state index in [4.69, 9.17) is 10.5 Å². The molecule has 1 aliphatic heterocycles. The number of carbonyl (C=O) groups is 1. The van der Waals surface area contributed by atoms with E-state index >= 15 is 0 Å². The summed E-state index contributed by atoms with van der Waals surface area (Å²) in [6.07, 6.45) is 5.61. The Kier molecular flexibility index (Phi) is 4.01. The number of ether oxygens (including phenoxy) is 1. The molecule has 2 rings (SSSR count). The Balaban J connectivity index is 1.79. The van der Waals surface area contributed by atoms with Crippen LogP contribution in [0.2, 0.25) is 0 Å². The first-order valence-corrected chi connectivity index (χ1v) is 6.46. The summed E-state index contributed by atoms with van der Waals surface area (Å²) in [6.45, 7) is 1.01. The number of nitrogens with one attached hydrogen (secondary N) is 1. The Morgan fingerprint density at radius 1 is 1.53 bits per heavy atom. The summed E-state index contributed by atoms with van der Waals surface area (Å²) in [5.74, 6) is -0.667. The number of aliphatic hydroxyl groups is 1. The normalized spacial score (nSPS) is 29.4. The number of carbonyl (C=O) groups excluding carboxylic acids is 1. The summed E-state index contributed by atoms with van der Waals surface area (Å²) in [4.78, 5) is 10.7. The van der Waals surface area contributed by atoms with Crippen LogP contribution in [0.4, 0.5) is 0 Å². The fourth-order valence-electron chi connectivity index (χ4n) is 2.95. The zero-order valence-electron chi connectivity index (χ0n) is 10.2. The molecule has 2 fully saturated rings. The molecule has 0 radical (unpaired) electrons. The van der Waals surface area contributed by atoms with E-state index in [0.29, 0.717) is 6.04 Å². The number of primary amides is 1. The minimum Gasteiger partial charge on any atom is -0.382 e. The molecule has 2 atom stereocenters. The van der Waals surface area contributed by atoms with Crippen LogP contribution in [0.25, 0.3) is 0 Å². The molecule has 0 aromatic carbocycles. The van der Waals surface area contributed by atoms with Gasteiger partial charge < -0.3 is 20.9 Å². The van der Waals surface area contributed by atoms with Crippen LogP contribution in [0.5, 0.6) is 0 Å². The Morgan fingerprint density at radius 2 is 2.24 bits per heavy atom. The van der Waals surface area contributed by atoms with E-state index in [-0.39, 0.29) is 12.1 Å². The third-order valence-electron chi connectivity index (χ3n) is 3.94. The van der Waals surface area contributed by atoms with E-state index in [1.165, 1.54) is 12.8 Å². The third kappa shape index (κ3) is 3.18. The predicted molar refractivity (Wildman–Crippen MR) is 63.4 cm³/mol. The van der Waals surface area contributed by atoms with Gasteiger partial charge in [0.05, 0.1) is 5.60 Å². The highest BCUT2D eigenvalue weighted by atomic mass is 16.5.